The van der Waals surface area contributed by atoms with Crippen LogP contribution in [0.15, 0.2) is 15.0 Å². The summed E-state index contributed by atoms with van der Waals surface area (Å²) in [5.74, 6) is -0.923. The number of aliphatic imine (C=N–C) groups is 3. The van der Waals surface area contributed by atoms with E-state index in [0.29, 0.717) is 5.84 Å². The summed E-state index contributed by atoms with van der Waals surface area (Å²) in [6.07, 6.45) is -1.56. The number of aliphatic hydroxyl groups is 2. The van der Waals surface area contributed by atoms with Crippen molar-refractivity contribution in [2.24, 2.45) is 20.7 Å². The van der Waals surface area contributed by atoms with Gasteiger partial charge >= 0.3 is 0 Å². The lowest BCUT2D eigenvalue weighted by Crippen LogP contribution is -2.56. The van der Waals surface area contributed by atoms with Crippen molar-refractivity contribution < 1.29 is 24.5 Å². The second kappa shape index (κ2) is 7.44. The molecule has 26 heavy (non-hydrogen) atoms. The Bertz CT molecular complexity index is 716. The van der Waals surface area contributed by atoms with E-state index in [1.165, 1.54) is 6.34 Å². The Labute approximate surface area is 162 Å². The first kappa shape index (κ1) is 19.6. The Morgan fingerprint density at radius 2 is 2.23 bits per heavy atom. The number of amidine groups is 1. The number of thiol groups is 1. The molecular weight excluding hydrogens is 430 g/mol. The number of hydrogen-bond acceptors (Lipinski definition) is 11. The molecule has 12 heteroatoms. The zero-order chi connectivity index (χ0) is 19.1. The van der Waals surface area contributed by atoms with Gasteiger partial charge in [-0.1, -0.05) is 15.9 Å². The highest BCUT2D eigenvalue weighted by atomic mass is 79.9. The number of ether oxygens (including phenoxy) is 1. The third kappa shape index (κ3) is 3.25. The van der Waals surface area contributed by atoms with E-state index in [9.17, 15) is 19.8 Å². The lowest BCUT2D eigenvalue weighted by Gasteiger charge is -2.32. The van der Waals surface area contributed by atoms with Crippen molar-refractivity contribution in [3.63, 3.8) is 0 Å². The van der Waals surface area contributed by atoms with Gasteiger partial charge in [-0.05, 0) is 0 Å². The van der Waals surface area contributed by atoms with Gasteiger partial charge in [0.25, 0.3) is 0 Å². The van der Waals surface area contributed by atoms with Crippen molar-refractivity contribution >= 4 is 58.0 Å². The van der Waals surface area contributed by atoms with Crippen LogP contribution >= 0.6 is 28.6 Å². The first-order chi connectivity index (χ1) is 12.3. The Hall–Kier alpha value is -1.18. The Morgan fingerprint density at radius 3 is 2.85 bits per heavy atom. The summed E-state index contributed by atoms with van der Waals surface area (Å²) in [6, 6.07) is 0. The van der Waals surface area contributed by atoms with Crippen LogP contribution in [0.3, 0.4) is 0 Å². The number of rotatable bonds is 6. The van der Waals surface area contributed by atoms with E-state index >= 15 is 0 Å². The van der Waals surface area contributed by atoms with Gasteiger partial charge in [0.1, 0.15) is 31.1 Å². The van der Waals surface area contributed by atoms with Crippen molar-refractivity contribution in [3.05, 3.63) is 0 Å². The molecule has 0 aromatic heterocycles. The summed E-state index contributed by atoms with van der Waals surface area (Å²) in [4.78, 5) is 37.8. The molecule has 142 valence electrons. The van der Waals surface area contributed by atoms with E-state index in [2.05, 4.69) is 43.5 Å². The first-order valence-electron chi connectivity index (χ1n) is 7.79. The summed E-state index contributed by atoms with van der Waals surface area (Å²) in [5.41, 5.74) is 5.01. The number of nitrogens with two attached hydrogens (primary N) is 1. The molecule has 0 aromatic rings. The van der Waals surface area contributed by atoms with Gasteiger partial charge in [0.05, 0.1) is 29.7 Å². The van der Waals surface area contributed by atoms with Crippen LogP contribution in [0.25, 0.3) is 0 Å². The number of nitrogens with zero attached hydrogens (tertiary/aromatic N) is 4. The van der Waals surface area contributed by atoms with Crippen LogP contribution in [0.5, 0.6) is 0 Å². The molecule has 3 heterocycles. The SMILES string of the molecule is NC1(CC(=O)C(=O)CBr)N=CN=C2C1=NCN2[C@@H]1O[C@H](CO)[C@@H](O)[C@H]1S. The van der Waals surface area contributed by atoms with Crippen molar-refractivity contribution in [1.82, 2.24) is 4.90 Å². The van der Waals surface area contributed by atoms with Crippen molar-refractivity contribution in [2.75, 3.05) is 18.6 Å². The largest absolute Gasteiger partial charge is 0.394 e. The molecule has 3 aliphatic heterocycles. The highest BCUT2D eigenvalue weighted by molar-refractivity contribution is 9.09. The van der Waals surface area contributed by atoms with E-state index < -0.39 is 40.9 Å². The Kier molecular flexibility index (Phi) is 5.61. The van der Waals surface area contributed by atoms with Crippen LogP contribution in [-0.4, -0.2) is 92.5 Å². The van der Waals surface area contributed by atoms with Gasteiger partial charge in [0, 0.05) is 0 Å². The fraction of sp³-hybridized carbons (Fsp3) is 0.643. The normalized spacial score (nSPS) is 36.0. The van der Waals surface area contributed by atoms with E-state index in [1.807, 2.05) is 0 Å². The summed E-state index contributed by atoms with van der Waals surface area (Å²) in [5, 5.41) is 18.7. The molecule has 1 unspecified atom stereocenters. The van der Waals surface area contributed by atoms with Gasteiger partial charge in [-0.25, -0.2) is 9.98 Å². The average molecular weight is 448 g/mol. The van der Waals surface area contributed by atoms with Gasteiger partial charge in [-0.15, -0.1) is 0 Å². The fourth-order valence-corrected chi connectivity index (χ4v) is 3.76. The van der Waals surface area contributed by atoms with Gasteiger partial charge in [-0.2, -0.15) is 12.6 Å². The Balaban J connectivity index is 1.80. The predicted molar refractivity (Wildman–Crippen MR) is 99.9 cm³/mol. The van der Waals surface area contributed by atoms with Gasteiger partial charge in [-0.3, -0.25) is 14.6 Å². The predicted octanol–water partition coefficient (Wildman–Crippen LogP) is -1.90. The smallest absolute Gasteiger partial charge is 0.209 e. The summed E-state index contributed by atoms with van der Waals surface area (Å²) < 4.78 is 5.66. The minimum atomic E-state index is -1.50. The molecule has 0 bridgehead atoms. The molecule has 0 aliphatic carbocycles. The molecule has 0 amide bonds. The quantitative estimate of drug-likeness (QED) is 0.211. The number of halogens is 1. The maximum absolute atomic E-state index is 12.0. The zero-order valence-corrected chi connectivity index (χ0v) is 16.0. The number of hydrogen-bond donors (Lipinski definition) is 4. The number of carbonyl (C=O) groups is 2. The second-order valence-corrected chi connectivity index (χ2v) is 7.28. The van der Waals surface area contributed by atoms with E-state index in [0.717, 1.165) is 0 Å². The molecule has 1 fully saturated rings. The molecule has 0 radical (unpaired) electrons. The van der Waals surface area contributed by atoms with E-state index in [-0.39, 0.29) is 30.7 Å². The van der Waals surface area contributed by atoms with Crippen LogP contribution in [0.1, 0.15) is 6.42 Å². The van der Waals surface area contributed by atoms with Gasteiger partial charge in [0.15, 0.2) is 11.5 Å². The van der Waals surface area contributed by atoms with Crippen LogP contribution in [0.4, 0.5) is 0 Å². The van der Waals surface area contributed by atoms with Crippen molar-refractivity contribution in [2.45, 2.75) is 35.8 Å². The number of ketones is 2. The third-order valence-electron chi connectivity index (χ3n) is 4.43. The Morgan fingerprint density at radius 1 is 1.50 bits per heavy atom. The highest BCUT2D eigenvalue weighted by Crippen LogP contribution is 2.32. The minimum Gasteiger partial charge on any atom is -0.394 e. The topological polar surface area (TPSA) is 150 Å². The number of fused-ring (bicyclic) bond motifs is 1. The molecule has 4 N–H and O–H groups in total. The highest BCUT2D eigenvalue weighted by Gasteiger charge is 2.50. The lowest BCUT2D eigenvalue weighted by atomic mass is 9.95. The third-order valence-corrected chi connectivity index (χ3v) is 5.50. The average Bonchev–Trinajstić information content (AvgIpc) is 3.17. The maximum Gasteiger partial charge on any atom is 0.209 e. The number of aliphatic hydroxyl groups excluding tert-OH is 2. The molecule has 0 spiro atoms. The molecule has 3 rings (SSSR count). The summed E-state index contributed by atoms with van der Waals surface area (Å²) in [6.45, 7) is -0.238. The van der Waals surface area contributed by atoms with Crippen LogP contribution in [0.2, 0.25) is 0 Å². The molecule has 0 aromatic carbocycles. The summed E-state index contributed by atoms with van der Waals surface area (Å²) >= 11 is 7.31. The number of alkyl halides is 1. The number of Topliss-reactive ketones (excluding diaryl/α,β-unsaturated/α-hetero) is 2. The van der Waals surface area contributed by atoms with E-state index in [4.69, 9.17) is 10.5 Å². The minimum absolute atomic E-state index is 0.0944. The monoisotopic (exact) mass is 447 g/mol. The van der Waals surface area contributed by atoms with Crippen LogP contribution in [0, 0.1) is 0 Å². The first-order valence-corrected chi connectivity index (χ1v) is 9.43. The maximum atomic E-state index is 12.0. The zero-order valence-electron chi connectivity index (χ0n) is 13.5. The van der Waals surface area contributed by atoms with Crippen LogP contribution < -0.4 is 5.73 Å². The van der Waals surface area contributed by atoms with Gasteiger partial charge in [0.2, 0.25) is 11.6 Å². The van der Waals surface area contributed by atoms with Crippen LogP contribution in [-0.2, 0) is 14.3 Å². The standard InChI is InChI=1S/C14H18BrN5O5S/c15-2-7(23)6(22)1-14(16)11-12(17-4-19-14)20(5-18-11)13-10(26)9(24)8(3-21)25-13/h4,8-10,13,21,24,26H,1-3,5,16H2/t8-,9-,10-,13-,14?/m1/s1. The molecular formula is C14H18BrN5O5S. The molecule has 0 saturated carbocycles. The second-order valence-electron chi connectivity index (χ2n) is 6.13. The van der Waals surface area contributed by atoms with Crippen molar-refractivity contribution in [3.8, 4) is 0 Å². The molecule has 1 saturated heterocycles. The van der Waals surface area contributed by atoms with Gasteiger partial charge < -0.3 is 25.6 Å². The molecule has 3 aliphatic rings. The fourth-order valence-electron chi connectivity index (χ4n) is 3.02. The lowest BCUT2D eigenvalue weighted by molar-refractivity contribution is -0.135. The summed E-state index contributed by atoms with van der Waals surface area (Å²) in [7, 11) is 0. The molecule has 5 atom stereocenters. The van der Waals surface area contributed by atoms with Crippen molar-refractivity contribution in [1.29, 1.82) is 0 Å². The molecule has 10 nitrogen and oxygen atoms in total. The van der Waals surface area contributed by atoms with E-state index in [1.54, 1.807) is 4.90 Å². The number of carbonyl (C=O) groups excluding carboxylic acids is 2.